The van der Waals surface area contributed by atoms with E-state index in [2.05, 4.69) is 29.1 Å². The highest BCUT2D eigenvalue weighted by atomic mass is 35.5. The van der Waals surface area contributed by atoms with Gasteiger partial charge in [0, 0.05) is 18.6 Å². The fourth-order valence-electron chi connectivity index (χ4n) is 1.95. The summed E-state index contributed by atoms with van der Waals surface area (Å²) in [6.07, 6.45) is 5.42. The molecule has 94 valence electrons. The minimum absolute atomic E-state index is 0.0163. The summed E-state index contributed by atoms with van der Waals surface area (Å²) in [6, 6.07) is 5.68. The normalized spacial score (nSPS) is 12.4. The number of hydrogen-bond acceptors (Lipinski definition) is 3. The number of aryl methyl sites for hydroxylation is 1. The second kappa shape index (κ2) is 5.94. The van der Waals surface area contributed by atoms with E-state index in [4.69, 9.17) is 11.6 Å². The van der Waals surface area contributed by atoms with Crippen molar-refractivity contribution >= 4 is 11.6 Å². The van der Waals surface area contributed by atoms with Gasteiger partial charge in [-0.15, -0.1) is 0 Å². The Kier molecular flexibility index (Phi) is 4.28. The maximum absolute atomic E-state index is 6.23. The van der Waals surface area contributed by atoms with E-state index in [1.165, 1.54) is 5.56 Å². The highest BCUT2D eigenvalue weighted by Gasteiger charge is 2.19. The molecular formula is C14H16ClN3. The van der Waals surface area contributed by atoms with Crippen LogP contribution in [0.25, 0.3) is 0 Å². The van der Waals surface area contributed by atoms with Crippen molar-refractivity contribution in [3.63, 3.8) is 0 Å². The first kappa shape index (κ1) is 13.0. The average Bonchev–Trinajstić information content (AvgIpc) is 2.38. The van der Waals surface area contributed by atoms with E-state index in [1.54, 1.807) is 12.4 Å². The minimum atomic E-state index is -0.0163. The SMILES string of the molecule is CCNC(c1cnccc1C)c1ncccc1Cl. The van der Waals surface area contributed by atoms with Crippen molar-refractivity contribution in [2.75, 3.05) is 6.54 Å². The number of aromatic nitrogens is 2. The molecule has 2 rings (SSSR count). The monoisotopic (exact) mass is 261 g/mol. The van der Waals surface area contributed by atoms with Gasteiger partial charge in [0.1, 0.15) is 0 Å². The van der Waals surface area contributed by atoms with Crippen molar-refractivity contribution in [2.45, 2.75) is 19.9 Å². The summed E-state index contributed by atoms with van der Waals surface area (Å²) in [4.78, 5) is 8.59. The van der Waals surface area contributed by atoms with E-state index in [-0.39, 0.29) is 6.04 Å². The molecule has 3 nitrogen and oxygen atoms in total. The highest BCUT2D eigenvalue weighted by Crippen LogP contribution is 2.27. The Balaban J connectivity index is 2.47. The summed E-state index contributed by atoms with van der Waals surface area (Å²) >= 11 is 6.23. The van der Waals surface area contributed by atoms with Crippen LogP contribution in [0, 0.1) is 6.92 Å². The standard InChI is InChI=1S/C14H16ClN3/c1-3-17-13(11-9-16-8-6-10(11)2)14-12(15)5-4-7-18-14/h4-9,13,17H,3H2,1-2H3. The number of nitrogens with zero attached hydrogens (tertiary/aromatic N) is 2. The second-order valence-corrected chi connectivity index (χ2v) is 4.50. The molecule has 0 bridgehead atoms. The molecule has 0 saturated carbocycles. The van der Waals surface area contributed by atoms with E-state index < -0.39 is 0 Å². The molecule has 0 aliphatic carbocycles. The van der Waals surface area contributed by atoms with E-state index in [0.29, 0.717) is 5.02 Å². The number of pyridine rings is 2. The van der Waals surface area contributed by atoms with E-state index in [9.17, 15) is 0 Å². The zero-order valence-electron chi connectivity index (χ0n) is 10.5. The molecule has 0 saturated heterocycles. The van der Waals surface area contributed by atoms with E-state index in [0.717, 1.165) is 17.8 Å². The lowest BCUT2D eigenvalue weighted by Crippen LogP contribution is -2.24. The smallest absolute Gasteiger partial charge is 0.0805 e. The third-order valence-corrected chi connectivity index (χ3v) is 3.18. The highest BCUT2D eigenvalue weighted by molar-refractivity contribution is 6.31. The van der Waals surface area contributed by atoms with Crippen LogP contribution in [0.3, 0.4) is 0 Å². The summed E-state index contributed by atoms with van der Waals surface area (Å²) in [7, 11) is 0. The Morgan fingerprint density at radius 3 is 2.83 bits per heavy atom. The summed E-state index contributed by atoms with van der Waals surface area (Å²) < 4.78 is 0. The lowest BCUT2D eigenvalue weighted by Gasteiger charge is -2.20. The molecule has 0 spiro atoms. The summed E-state index contributed by atoms with van der Waals surface area (Å²) in [5.74, 6) is 0. The molecule has 0 aliphatic heterocycles. The quantitative estimate of drug-likeness (QED) is 0.919. The molecule has 1 unspecified atom stereocenters. The number of rotatable bonds is 4. The molecule has 4 heteroatoms. The van der Waals surface area contributed by atoms with Gasteiger partial charge in [-0.05, 0) is 42.8 Å². The third kappa shape index (κ3) is 2.68. The average molecular weight is 262 g/mol. The number of halogens is 1. The zero-order chi connectivity index (χ0) is 13.0. The van der Waals surface area contributed by atoms with Crippen LogP contribution in [0.1, 0.15) is 29.8 Å². The molecular weight excluding hydrogens is 246 g/mol. The van der Waals surface area contributed by atoms with Crippen molar-refractivity contribution < 1.29 is 0 Å². The summed E-state index contributed by atoms with van der Waals surface area (Å²) in [6.45, 7) is 4.97. The predicted octanol–water partition coefficient (Wildman–Crippen LogP) is 3.14. The van der Waals surface area contributed by atoms with Gasteiger partial charge in [-0.2, -0.15) is 0 Å². The van der Waals surface area contributed by atoms with Crippen molar-refractivity contribution in [2.24, 2.45) is 0 Å². The van der Waals surface area contributed by atoms with Crippen LogP contribution in [0.2, 0.25) is 5.02 Å². The number of nitrogens with one attached hydrogen (secondary N) is 1. The first-order valence-electron chi connectivity index (χ1n) is 5.98. The first-order chi connectivity index (χ1) is 8.74. The van der Waals surface area contributed by atoms with E-state index in [1.807, 2.05) is 24.4 Å². The molecule has 2 aromatic heterocycles. The van der Waals surface area contributed by atoms with Crippen LogP contribution < -0.4 is 5.32 Å². The van der Waals surface area contributed by atoms with Gasteiger partial charge in [-0.1, -0.05) is 18.5 Å². The Hall–Kier alpha value is -1.45. The zero-order valence-corrected chi connectivity index (χ0v) is 11.3. The Labute approximate surface area is 112 Å². The molecule has 18 heavy (non-hydrogen) atoms. The molecule has 1 atom stereocenters. The van der Waals surface area contributed by atoms with Crippen LogP contribution in [0.5, 0.6) is 0 Å². The Bertz CT molecular complexity index is 482. The van der Waals surface area contributed by atoms with Gasteiger partial charge >= 0.3 is 0 Å². The van der Waals surface area contributed by atoms with E-state index >= 15 is 0 Å². The molecule has 1 N–H and O–H groups in total. The topological polar surface area (TPSA) is 37.8 Å². The molecule has 0 amide bonds. The fraction of sp³-hybridized carbons (Fsp3) is 0.286. The molecule has 0 radical (unpaired) electrons. The van der Waals surface area contributed by atoms with Gasteiger partial charge in [0.15, 0.2) is 0 Å². The largest absolute Gasteiger partial charge is 0.305 e. The Morgan fingerprint density at radius 2 is 2.17 bits per heavy atom. The van der Waals surface area contributed by atoms with Crippen molar-refractivity contribution in [3.8, 4) is 0 Å². The van der Waals surface area contributed by atoms with Gasteiger partial charge in [0.2, 0.25) is 0 Å². The van der Waals surface area contributed by atoms with Gasteiger partial charge in [0.25, 0.3) is 0 Å². The molecule has 0 aliphatic rings. The van der Waals surface area contributed by atoms with Crippen LogP contribution in [-0.2, 0) is 0 Å². The lowest BCUT2D eigenvalue weighted by molar-refractivity contribution is 0.611. The van der Waals surface area contributed by atoms with Gasteiger partial charge in [0.05, 0.1) is 16.8 Å². The molecule has 0 fully saturated rings. The second-order valence-electron chi connectivity index (χ2n) is 4.09. The van der Waals surface area contributed by atoms with Crippen LogP contribution in [0.15, 0.2) is 36.8 Å². The maximum atomic E-state index is 6.23. The lowest BCUT2D eigenvalue weighted by atomic mass is 10.0. The van der Waals surface area contributed by atoms with Crippen LogP contribution in [0.4, 0.5) is 0 Å². The van der Waals surface area contributed by atoms with Crippen molar-refractivity contribution in [3.05, 3.63) is 58.6 Å². The van der Waals surface area contributed by atoms with Gasteiger partial charge in [-0.3, -0.25) is 9.97 Å². The Morgan fingerprint density at radius 1 is 1.33 bits per heavy atom. The molecule has 2 heterocycles. The van der Waals surface area contributed by atoms with Gasteiger partial charge in [-0.25, -0.2) is 0 Å². The minimum Gasteiger partial charge on any atom is -0.305 e. The van der Waals surface area contributed by atoms with Crippen LogP contribution in [-0.4, -0.2) is 16.5 Å². The van der Waals surface area contributed by atoms with Crippen molar-refractivity contribution in [1.82, 2.24) is 15.3 Å². The fourth-order valence-corrected chi connectivity index (χ4v) is 2.18. The number of hydrogen-bond donors (Lipinski definition) is 1. The predicted molar refractivity (Wildman–Crippen MR) is 73.7 cm³/mol. The molecule has 2 aromatic rings. The first-order valence-corrected chi connectivity index (χ1v) is 6.36. The van der Waals surface area contributed by atoms with Gasteiger partial charge < -0.3 is 5.32 Å². The van der Waals surface area contributed by atoms with Crippen molar-refractivity contribution in [1.29, 1.82) is 0 Å². The maximum Gasteiger partial charge on any atom is 0.0805 e. The summed E-state index contributed by atoms with van der Waals surface area (Å²) in [5.41, 5.74) is 3.13. The molecule has 0 aromatic carbocycles. The third-order valence-electron chi connectivity index (χ3n) is 2.86. The summed E-state index contributed by atoms with van der Waals surface area (Å²) in [5, 5.41) is 4.08. The van der Waals surface area contributed by atoms with Crippen LogP contribution >= 0.6 is 11.6 Å².